The smallest absolute Gasteiger partial charge is 0.276 e. The Kier molecular flexibility index (Phi) is 2.96. The fraction of sp³-hybridized carbons (Fsp3) is 0.750. The fourth-order valence-electron chi connectivity index (χ4n) is 4.46. The van der Waals surface area contributed by atoms with Crippen molar-refractivity contribution in [2.75, 3.05) is 7.05 Å². The molecule has 3 fully saturated rings. The van der Waals surface area contributed by atoms with Gasteiger partial charge in [-0.25, -0.2) is 4.98 Å². The van der Waals surface area contributed by atoms with Crippen LogP contribution in [0.4, 0.5) is 0 Å². The summed E-state index contributed by atoms with van der Waals surface area (Å²) in [7, 11) is 1.91. The zero-order valence-corrected chi connectivity index (χ0v) is 13.0. The second-order valence-electron chi connectivity index (χ2n) is 7.20. The first-order valence-electron chi connectivity index (χ1n) is 7.51. The summed E-state index contributed by atoms with van der Waals surface area (Å²) in [5.41, 5.74) is 0.905. The van der Waals surface area contributed by atoms with Crippen LogP contribution in [0.5, 0.6) is 0 Å². The molecule has 0 saturated heterocycles. The molecule has 0 aliphatic heterocycles. The van der Waals surface area contributed by atoms with Crippen molar-refractivity contribution < 1.29 is 9.21 Å². The van der Waals surface area contributed by atoms with E-state index in [0.29, 0.717) is 28.8 Å². The van der Waals surface area contributed by atoms with Crippen molar-refractivity contribution in [1.82, 2.24) is 9.88 Å². The van der Waals surface area contributed by atoms with Crippen molar-refractivity contribution in [3.05, 3.63) is 17.8 Å². The Morgan fingerprint density at radius 2 is 2.15 bits per heavy atom. The van der Waals surface area contributed by atoms with Gasteiger partial charge < -0.3 is 9.32 Å². The highest BCUT2D eigenvalue weighted by atomic mass is 16.3. The van der Waals surface area contributed by atoms with Crippen LogP contribution in [0.15, 0.2) is 10.8 Å². The molecular weight excluding hydrogens is 252 g/mol. The van der Waals surface area contributed by atoms with Gasteiger partial charge in [0, 0.05) is 13.1 Å². The van der Waals surface area contributed by atoms with Gasteiger partial charge in [-0.3, -0.25) is 4.79 Å². The fourth-order valence-corrected chi connectivity index (χ4v) is 4.46. The molecule has 1 heterocycles. The minimum Gasteiger partial charge on any atom is -0.448 e. The lowest BCUT2D eigenvalue weighted by molar-refractivity contribution is -0.129. The molecule has 110 valence electrons. The summed E-state index contributed by atoms with van der Waals surface area (Å²) < 4.78 is 5.15. The Bertz CT molecular complexity index is 534. The maximum Gasteiger partial charge on any atom is 0.276 e. The summed E-state index contributed by atoms with van der Waals surface area (Å²) in [5, 5.41) is 0. The number of aromatic nitrogens is 1. The molecule has 4 nitrogen and oxygen atoms in total. The molecule has 20 heavy (non-hydrogen) atoms. The van der Waals surface area contributed by atoms with Crippen LogP contribution in [0.25, 0.3) is 0 Å². The van der Waals surface area contributed by atoms with Crippen molar-refractivity contribution in [2.24, 2.45) is 23.2 Å². The number of amides is 1. The molecule has 3 aliphatic carbocycles. The Balaban J connectivity index is 1.78. The Morgan fingerprint density at radius 1 is 1.45 bits per heavy atom. The van der Waals surface area contributed by atoms with Crippen LogP contribution in [-0.2, 0) is 0 Å². The van der Waals surface area contributed by atoms with E-state index in [2.05, 4.69) is 25.8 Å². The van der Waals surface area contributed by atoms with Gasteiger partial charge in [0.25, 0.3) is 5.91 Å². The average molecular weight is 276 g/mol. The first-order valence-corrected chi connectivity index (χ1v) is 7.51. The van der Waals surface area contributed by atoms with Gasteiger partial charge in [-0.15, -0.1) is 0 Å². The van der Waals surface area contributed by atoms with Crippen molar-refractivity contribution in [3.63, 3.8) is 0 Å². The van der Waals surface area contributed by atoms with Crippen molar-refractivity contribution in [1.29, 1.82) is 0 Å². The lowest BCUT2D eigenvalue weighted by Gasteiger charge is -2.63. The van der Waals surface area contributed by atoms with E-state index >= 15 is 0 Å². The number of aryl methyl sites for hydroxylation is 1. The summed E-state index contributed by atoms with van der Waals surface area (Å²) >= 11 is 0. The van der Waals surface area contributed by atoms with Crippen molar-refractivity contribution >= 4 is 5.91 Å². The van der Waals surface area contributed by atoms with E-state index in [9.17, 15) is 4.79 Å². The minimum atomic E-state index is -0.00722. The number of rotatable bonds is 2. The minimum absolute atomic E-state index is 0.00722. The molecule has 4 atom stereocenters. The van der Waals surface area contributed by atoms with E-state index in [1.807, 2.05) is 11.9 Å². The lowest BCUT2D eigenvalue weighted by Crippen LogP contribution is -2.60. The summed E-state index contributed by atoms with van der Waals surface area (Å²) in [6.07, 6.45) is 3.79. The molecule has 1 aromatic rings. The molecule has 3 aliphatic rings. The highest BCUT2D eigenvalue weighted by molar-refractivity contribution is 5.93. The van der Waals surface area contributed by atoms with Crippen LogP contribution in [0, 0.1) is 30.1 Å². The van der Waals surface area contributed by atoms with Gasteiger partial charge in [0.2, 0.25) is 0 Å². The van der Waals surface area contributed by atoms with Crippen molar-refractivity contribution in [2.45, 2.75) is 46.6 Å². The zero-order valence-electron chi connectivity index (χ0n) is 13.0. The van der Waals surface area contributed by atoms with E-state index < -0.39 is 0 Å². The zero-order chi connectivity index (χ0) is 14.7. The van der Waals surface area contributed by atoms with Gasteiger partial charge in [-0.05, 0) is 42.9 Å². The number of fused-ring (bicyclic) bond motifs is 2. The van der Waals surface area contributed by atoms with Gasteiger partial charge in [-0.2, -0.15) is 0 Å². The first-order chi connectivity index (χ1) is 9.34. The van der Waals surface area contributed by atoms with Gasteiger partial charge in [0.15, 0.2) is 12.1 Å². The molecule has 0 N–H and O–H groups in total. The van der Waals surface area contributed by atoms with Crippen LogP contribution in [-0.4, -0.2) is 28.9 Å². The summed E-state index contributed by atoms with van der Waals surface area (Å²) in [5.74, 6) is 2.64. The topological polar surface area (TPSA) is 46.3 Å². The number of carbonyl (C=O) groups is 1. The molecule has 0 aromatic carbocycles. The van der Waals surface area contributed by atoms with Crippen LogP contribution < -0.4 is 0 Å². The SMILES string of the molecule is Cc1ocnc1C(=O)N(C)C1C[C@@H]2C[C@H]([C@H]1C)C2(C)C. The predicted molar refractivity (Wildman–Crippen MR) is 76.3 cm³/mol. The Morgan fingerprint density at radius 3 is 2.65 bits per heavy atom. The second kappa shape index (κ2) is 4.34. The van der Waals surface area contributed by atoms with E-state index in [1.165, 1.54) is 12.8 Å². The van der Waals surface area contributed by atoms with E-state index in [4.69, 9.17) is 4.42 Å². The van der Waals surface area contributed by atoms with Gasteiger partial charge in [0.05, 0.1) is 0 Å². The number of carbonyl (C=O) groups excluding carboxylic acids is 1. The summed E-state index contributed by atoms with van der Waals surface area (Å²) in [4.78, 5) is 18.5. The van der Waals surface area contributed by atoms with E-state index in [1.54, 1.807) is 6.92 Å². The monoisotopic (exact) mass is 276 g/mol. The lowest BCUT2D eigenvalue weighted by atomic mass is 9.44. The molecule has 1 aromatic heterocycles. The molecular formula is C16H24N2O2. The van der Waals surface area contributed by atoms with Gasteiger partial charge in [0.1, 0.15) is 5.76 Å². The van der Waals surface area contributed by atoms with Crippen molar-refractivity contribution in [3.8, 4) is 0 Å². The predicted octanol–water partition coefficient (Wildman–Crippen LogP) is 3.13. The Labute approximate surface area is 120 Å². The number of nitrogens with zero attached hydrogens (tertiary/aromatic N) is 2. The van der Waals surface area contributed by atoms with Gasteiger partial charge >= 0.3 is 0 Å². The Hall–Kier alpha value is -1.32. The highest BCUT2D eigenvalue weighted by Gasteiger charge is 2.57. The molecule has 4 heteroatoms. The average Bonchev–Trinajstić information content (AvgIpc) is 2.82. The molecule has 0 radical (unpaired) electrons. The quantitative estimate of drug-likeness (QED) is 0.833. The molecule has 1 unspecified atom stereocenters. The van der Waals surface area contributed by atoms with Crippen LogP contribution in [0.2, 0.25) is 0 Å². The van der Waals surface area contributed by atoms with Crippen LogP contribution >= 0.6 is 0 Å². The molecule has 0 spiro atoms. The molecule has 2 bridgehead atoms. The summed E-state index contributed by atoms with van der Waals surface area (Å²) in [6.45, 7) is 8.84. The van der Waals surface area contributed by atoms with E-state index in [-0.39, 0.29) is 5.91 Å². The normalized spacial score (nSPS) is 34.5. The second-order valence-corrected chi connectivity index (χ2v) is 7.20. The molecule has 1 amide bonds. The third-order valence-corrected chi connectivity index (χ3v) is 6.08. The number of hydrogen-bond acceptors (Lipinski definition) is 3. The van der Waals surface area contributed by atoms with E-state index in [0.717, 1.165) is 18.3 Å². The number of oxazole rings is 1. The number of hydrogen-bond donors (Lipinski definition) is 0. The third kappa shape index (κ3) is 1.73. The maximum absolute atomic E-state index is 12.6. The maximum atomic E-state index is 12.6. The first kappa shape index (κ1) is 13.7. The third-order valence-electron chi connectivity index (χ3n) is 6.08. The molecule has 3 saturated carbocycles. The molecule has 4 rings (SSSR count). The van der Waals surface area contributed by atoms with Crippen LogP contribution in [0.3, 0.4) is 0 Å². The van der Waals surface area contributed by atoms with Crippen LogP contribution in [0.1, 0.15) is 49.9 Å². The standard InChI is InChI=1S/C16H24N2O2/c1-9-12-6-11(16(12,3)4)7-13(9)18(5)15(19)14-10(2)20-8-17-14/h8-9,11-13H,6-7H2,1-5H3/t9-,11+,12-,13?/m1/s1. The largest absolute Gasteiger partial charge is 0.448 e. The summed E-state index contributed by atoms with van der Waals surface area (Å²) in [6, 6.07) is 0.329. The highest BCUT2D eigenvalue weighted by Crippen LogP contribution is 2.61. The van der Waals surface area contributed by atoms with Gasteiger partial charge in [-0.1, -0.05) is 20.8 Å².